The summed E-state index contributed by atoms with van der Waals surface area (Å²) in [5.41, 5.74) is 2.37. The van der Waals surface area contributed by atoms with Crippen LogP contribution in [0.15, 0.2) is 54.6 Å². The Labute approximate surface area is 225 Å². The zero-order valence-electron chi connectivity index (χ0n) is 22.9. The van der Waals surface area contributed by atoms with Crippen LogP contribution < -0.4 is 4.74 Å². The zero-order valence-corrected chi connectivity index (χ0v) is 22.9. The number of carbonyl (C=O) groups is 2. The summed E-state index contributed by atoms with van der Waals surface area (Å²) in [5.74, 6) is 0.966. The standard InChI is InChI=1S/C32H38N2O4/c1-21(2)20-34(28(36)14-13-23-9-6-5-7-10-23)25-15-16-32(38-22(3)35)27-19-24-11-8-12-26-29(24)31(32,30(25)37-26)17-18-33(27)4/h5-14,21,25,27,30H,15-20H2,1-4H3/t25-,27+,30-,31-,32+/m0/s1. The van der Waals surface area contributed by atoms with Gasteiger partial charge in [-0.1, -0.05) is 56.3 Å². The molecular weight excluding hydrogens is 476 g/mol. The summed E-state index contributed by atoms with van der Waals surface area (Å²) in [7, 11) is 2.15. The molecule has 1 amide bonds. The van der Waals surface area contributed by atoms with Gasteiger partial charge in [0.15, 0.2) is 0 Å². The first-order chi connectivity index (χ1) is 18.3. The Morgan fingerprint density at radius 3 is 2.68 bits per heavy atom. The number of rotatable bonds is 6. The maximum atomic E-state index is 13.8. The molecule has 2 aliphatic carbocycles. The molecule has 2 fully saturated rings. The normalized spacial score (nSPS) is 31.1. The van der Waals surface area contributed by atoms with E-state index in [1.165, 1.54) is 18.1 Å². The Balaban J connectivity index is 1.45. The van der Waals surface area contributed by atoms with Crippen LogP contribution >= 0.6 is 0 Å². The maximum absolute atomic E-state index is 13.8. The molecule has 0 N–H and O–H groups in total. The van der Waals surface area contributed by atoms with E-state index in [1.54, 1.807) is 6.08 Å². The third kappa shape index (κ3) is 3.64. The van der Waals surface area contributed by atoms with E-state index in [1.807, 2.05) is 41.3 Å². The summed E-state index contributed by atoms with van der Waals surface area (Å²) in [4.78, 5) is 30.9. The molecule has 2 aliphatic heterocycles. The van der Waals surface area contributed by atoms with Gasteiger partial charge < -0.3 is 14.4 Å². The summed E-state index contributed by atoms with van der Waals surface area (Å²) >= 11 is 0. The molecule has 0 unspecified atom stereocenters. The lowest BCUT2D eigenvalue weighted by Crippen LogP contribution is -2.79. The molecule has 5 atom stereocenters. The second kappa shape index (κ2) is 9.26. The second-order valence-corrected chi connectivity index (χ2v) is 12.0. The fourth-order valence-electron chi connectivity index (χ4n) is 8.06. The van der Waals surface area contributed by atoms with E-state index in [4.69, 9.17) is 9.47 Å². The number of carbonyl (C=O) groups excluding carboxylic acids is 2. The average Bonchev–Trinajstić information content (AvgIpc) is 3.23. The molecule has 200 valence electrons. The van der Waals surface area contributed by atoms with Crippen LogP contribution in [0, 0.1) is 5.92 Å². The molecule has 1 spiro atoms. The van der Waals surface area contributed by atoms with E-state index in [-0.39, 0.29) is 30.1 Å². The minimum absolute atomic E-state index is 0.00371. The van der Waals surface area contributed by atoms with Gasteiger partial charge in [0.25, 0.3) is 0 Å². The van der Waals surface area contributed by atoms with Gasteiger partial charge in [-0.15, -0.1) is 0 Å². The van der Waals surface area contributed by atoms with Crippen LogP contribution in [-0.4, -0.2) is 65.6 Å². The minimum Gasteiger partial charge on any atom is -0.487 e. The van der Waals surface area contributed by atoms with Crippen LogP contribution in [0.2, 0.25) is 0 Å². The summed E-state index contributed by atoms with van der Waals surface area (Å²) < 4.78 is 13.3. The average molecular weight is 515 g/mol. The number of likely N-dealkylation sites (tertiary alicyclic amines) is 1. The third-order valence-electron chi connectivity index (χ3n) is 9.35. The van der Waals surface area contributed by atoms with Crippen molar-refractivity contribution in [1.29, 1.82) is 0 Å². The Kier molecular flexibility index (Phi) is 6.14. The predicted molar refractivity (Wildman–Crippen MR) is 147 cm³/mol. The van der Waals surface area contributed by atoms with Crippen molar-refractivity contribution in [2.45, 2.75) is 75.7 Å². The zero-order chi connectivity index (χ0) is 26.7. The van der Waals surface area contributed by atoms with E-state index in [0.717, 1.165) is 37.1 Å². The van der Waals surface area contributed by atoms with Crippen LogP contribution in [-0.2, 0) is 26.2 Å². The molecule has 6 heteroatoms. The SMILES string of the molecule is CC(=O)O[C@@]12CC[C@H](N(CC(C)C)C(=O)C=Cc3ccccc3)[C@@H]3Oc4cccc5c4[C@@]31CCN(C)[C@@H]2C5. The highest BCUT2D eigenvalue weighted by atomic mass is 16.6. The Hall–Kier alpha value is -3.12. The summed E-state index contributed by atoms with van der Waals surface area (Å²) in [5, 5.41) is 0. The van der Waals surface area contributed by atoms with Gasteiger partial charge in [-0.2, -0.15) is 0 Å². The number of nitrogens with zero attached hydrogens (tertiary/aromatic N) is 2. The predicted octanol–water partition coefficient (Wildman–Crippen LogP) is 4.61. The first-order valence-electron chi connectivity index (χ1n) is 14.0. The number of benzene rings is 2. The van der Waals surface area contributed by atoms with Crippen molar-refractivity contribution >= 4 is 18.0 Å². The third-order valence-corrected chi connectivity index (χ3v) is 9.35. The van der Waals surface area contributed by atoms with Crippen LogP contribution in [0.25, 0.3) is 6.08 Å². The van der Waals surface area contributed by atoms with Gasteiger partial charge in [0, 0.05) is 25.1 Å². The van der Waals surface area contributed by atoms with Crippen molar-refractivity contribution in [2.24, 2.45) is 5.92 Å². The molecule has 2 heterocycles. The van der Waals surface area contributed by atoms with Gasteiger partial charge in [-0.3, -0.25) is 14.5 Å². The van der Waals surface area contributed by atoms with E-state index in [2.05, 4.69) is 44.0 Å². The molecular formula is C32H38N2O4. The minimum atomic E-state index is -0.668. The van der Waals surface area contributed by atoms with Crippen molar-refractivity contribution in [1.82, 2.24) is 9.80 Å². The van der Waals surface area contributed by atoms with E-state index in [0.29, 0.717) is 18.9 Å². The van der Waals surface area contributed by atoms with Gasteiger partial charge in [0.1, 0.15) is 17.5 Å². The molecule has 1 saturated heterocycles. The number of likely N-dealkylation sites (N-methyl/N-ethyl adjacent to an activating group) is 1. The topological polar surface area (TPSA) is 59.1 Å². The van der Waals surface area contributed by atoms with Crippen LogP contribution in [0.5, 0.6) is 5.75 Å². The molecule has 4 aliphatic rings. The fraction of sp³-hybridized carbons (Fsp3) is 0.500. The van der Waals surface area contributed by atoms with E-state index < -0.39 is 11.0 Å². The lowest BCUT2D eigenvalue weighted by molar-refractivity contribution is -0.221. The quantitative estimate of drug-likeness (QED) is 0.416. The van der Waals surface area contributed by atoms with Gasteiger partial charge in [-0.05, 0) is 68.5 Å². The number of hydrogen-bond donors (Lipinski definition) is 0. The highest BCUT2D eigenvalue weighted by molar-refractivity contribution is 5.92. The number of esters is 1. The molecule has 6 rings (SSSR count). The van der Waals surface area contributed by atoms with Crippen molar-refractivity contribution < 1.29 is 19.1 Å². The van der Waals surface area contributed by atoms with Crippen molar-refractivity contribution in [3.63, 3.8) is 0 Å². The number of ether oxygens (including phenoxy) is 2. The van der Waals surface area contributed by atoms with Gasteiger partial charge in [0.2, 0.25) is 5.91 Å². The first-order valence-corrected chi connectivity index (χ1v) is 14.0. The molecule has 38 heavy (non-hydrogen) atoms. The first kappa shape index (κ1) is 25.2. The lowest BCUT2D eigenvalue weighted by atomic mass is 9.48. The molecule has 1 saturated carbocycles. The Bertz CT molecular complexity index is 1270. The van der Waals surface area contributed by atoms with Gasteiger partial charge >= 0.3 is 5.97 Å². The molecule has 2 bridgehead atoms. The van der Waals surface area contributed by atoms with Crippen molar-refractivity contribution in [3.8, 4) is 5.75 Å². The second-order valence-electron chi connectivity index (χ2n) is 12.0. The summed E-state index contributed by atoms with van der Waals surface area (Å²) in [6.45, 7) is 7.38. The van der Waals surface area contributed by atoms with Crippen LogP contribution in [0.1, 0.15) is 56.7 Å². The van der Waals surface area contributed by atoms with Crippen molar-refractivity contribution in [2.75, 3.05) is 20.1 Å². The Morgan fingerprint density at radius 2 is 1.95 bits per heavy atom. The summed E-state index contributed by atoms with van der Waals surface area (Å²) in [6.07, 6.45) is 6.45. The molecule has 6 nitrogen and oxygen atoms in total. The number of amides is 1. The highest BCUT2D eigenvalue weighted by Gasteiger charge is 2.75. The van der Waals surface area contributed by atoms with Crippen molar-refractivity contribution in [3.05, 3.63) is 71.3 Å². The largest absolute Gasteiger partial charge is 0.487 e. The summed E-state index contributed by atoms with van der Waals surface area (Å²) in [6, 6.07) is 16.2. The van der Waals surface area contributed by atoms with E-state index in [9.17, 15) is 9.59 Å². The van der Waals surface area contributed by atoms with E-state index >= 15 is 0 Å². The molecule has 2 aromatic carbocycles. The number of hydrogen-bond acceptors (Lipinski definition) is 5. The molecule has 0 aromatic heterocycles. The molecule has 0 radical (unpaired) electrons. The smallest absolute Gasteiger partial charge is 0.303 e. The maximum Gasteiger partial charge on any atom is 0.303 e. The monoisotopic (exact) mass is 514 g/mol. The highest BCUT2D eigenvalue weighted by Crippen LogP contribution is 2.65. The van der Waals surface area contributed by atoms with Gasteiger partial charge in [-0.25, -0.2) is 0 Å². The lowest BCUT2D eigenvalue weighted by Gasteiger charge is -2.65. The van der Waals surface area contributed by atoms with Gasteiger partial charge in [0.05, 0.1) is 17.5 Å². The number of piperidine rings is 1. The molecule has 2 aromatic rings. The fourth-order valence-corrected chi connectivity index (χ4v) is 8.06. The van der Waals surface area contributed by atoms with Crippen LogP contribution in [0.3, 0.4) is 0 Å². The van der Waals surface area contributed by atoms with Crippen LogP contribution in [0.4, 0.5) is 0 Å². The Morgan fingerprint density at radius 1 is 1.16 bits per heavy atom.